The maximum absolute atomic E-state index is 10.6. The van der Waals surface area contributed by atoms with Crippen molar-refractivity contribution in [2.75, 3.05) is 19.7 Å². The highest BCUT2D eigenvalue weighted by Gasteiger charge is 2.20. The number of aryl methyl sites for hydroxylation is 2. The fraction of sp³-hybridized carbons (Fsp3) is 0.345. The maximum Gasteiger partial charge on any atom is 0.120 e. The number of aliphatic hydroxyl groups is 1. The summed E-state index contributed by atoms with van der Waals surface area (Å²) in [5, 5.41) is 10.6. The van der Waals surface area contributed by atoms with Crippen molar-refractivity contribution in [2.45, 2.75) is 46.3 Å². The molecule has 1 N–H and O–H groups in total. The van der Waals surface area contributed by atoms with Gasteiger partial charge in [-0.2, -0.15) is 0 Å². The Bertz CT molecular complexity index is 1120. The van der Waals surface area contributed by atoms with Gasteiger partial charge in [-0.25, -0.2) is 0 Å². The van der Waals surface area contributed by atoms with Gasteiger partial charge in [0.05, 0.1) is 5.69 Å². The molecule has 4 heteroatoms. The Labute approximate surface area is 197 Å². The number of ether oxygens (including phenoxy) is 1. The molecule has 3 aromatic carbocycles. The normalized spacial score (nSPS) is 14.9. The lowest BCUT2D eigenvalue weighted by atomic mass is 9.95. The molecular formula is C29H34N2O2. The third-order valence-corrected chi connectivity index (χ3v) is 6.27. The Morgan fingerprint density at radius 3 is 2.67 bits per heavy atom. The summed E-state index contributed by atoms with van der Waals surface area (Å²) in [6.07, 6.45) is 3.37. The first-order valence-electron chi connectivity index (χ1n) is 11.9. The number of fused-ring (bicyclic) bond motifs is 1. The van der Waals surface area contributed by atoms with E-state index in [1.54, 1.807) is 0 Å². The lowest BCUT2D eigenvalue weighted by Crippen LogP contribution is -2.39. The SMILES string of the molecule is CCC=Nc1ccc(-c2cccc(OCC(O)CN3CCc4cccc(C)c4C3)c2)cc1C. The van der Waals surface area contributed by atoms with Gasteiger partial charge in [0.2, 0.25) is 0 Å². The first-order valence-corrected chi connectivity index (χ1v) is 11.9. The zero-order valence-electron chi connectivity index (χ0n) is 19.9. The molecule has 0 aromatic heterocycles. The van der Waals surface area contributed by atoms with E-state index >= 15 is 0 Å². The number of nitrogens with zero attached hydrogens (tertiary/aromatic N) is 2. The molecule has 0 saturated carbocycles. The molecule has 0 amide bonds. The number of aliphatic hydroxyl groups excluding tert-OH is 1. The molecule has 3 aromatic rings. The number of hydrogen-bond acceptors (Lipinski definition) is 4. The first-order chi connectivity index (χ1) is 16.0. The molecular weight excluding hydrogens is 408 g/mol. The van der Waals surface area contributed by atoms with Crippen molar-refractivity contribution in [3.63, 3.8) is 0 Å². The Morgan fingerprint density at radius 1 is 1.03 bits per heavy atom. The van der Waals surface area contributed by atoms with Crippen LogP contribution in [-0.2, 0) is 13.0 Å². The van der Waals surface area contributed by atoms with Crippen molar-refractivity contribution >= 4 is 11.9 Å². The zero-order valence-corrected chi connectivity index (χ0v) is 19.9. The summed E-state index contributed by atoms with van der Waals surface area (Å²) < 4.78 is 5.97. The van der Waals surface area contributed by atoms with Crippen LogP contribution in [0.4, 0.5) is 5.69 Å². The summed E-state index contributed by atoms with van der Waals surface area (Å²) in [6, 6.07) is 20.9. The van der Waals surface area contributed by atoms with Crippen molar-refractivity contribution in [1.82, 2.24) is 4.90 Å². The lowest BCUT2D eigenvalue weighted by molar-refractivity contribution is 0.0637. The second kappa shape index (κ2) is 10.8. The molecule has 172 valence electrons. The summed E-state index contributed by atoms with van der Waals surface area (Å²) in [5.74, 6) is 0.775. The van der Waals surface area contributed by atoms with Crippen molar-refractivity contribution in [3.8, 4) is 16.9 Å². The van der Waals surface area contributed by atoms with E-state index in [0.29, 0.717) is 6.54 Å². The number of benzene rings is 3. The number of β-amino-alcohol motifs (C(OH)–C–C–N with tert-alkyl or cyclic N) is 1. The van der Waals surface area contributed by atoms with Gasteiger partial charge >= 0.3 is 0 Å². The summed E-state index contributed by atoms with van der Waals surface area (Å²) in [4.78, 5) is 6.83. The third kappa shape index (κ3) is 5.89. The predicted molar refractivity (Wildman–Crippen MR) is 137 cm³/mol. The van der Waals surface area contributed by atoms with Crippen LogP contribution in [0.25, 0.3) is 11.1 Å². The van der Waals surface area contributed by atoms with Gasteiger partial charge in [0.1, 0.15) is 18.5 Å². The summed E-state index contributed by atoms with van der Waals surface area (Å²) in [5.41, 5.74) is 8.57. The van der Waals surface area contributed by atoms with Gasteiger partial charge in [0, 0.05) is 25.8 Å². The molecule has 0 spiro atoms. The van der Waals surface area contributed by atoms with E-state index in [0.717, 1.165) is 54.1 Å². The number of aliphatic imine (C=N–C) groups is 1. The highest BCUT2D eigenvalue weighted by atomic mass is 16.5. The Balaban J connectivity index is 1.35. The Morgan fingerprint density at radius 2 is 1.85 bits per heavy atom. The van der Waals surface area contributed by atoms with E-state index in [9.17, 15) is 5.11 Å². The monoisotopic (exact) mass is 442 g/mol. The smallest absolute Gasteiger partial charge is 0.120 e. The van der Waals surface area contributed by atoms with Gasteiger partial charge in [0.15, 0.2) is 0 Å². The van der Waals surface area contributed by atoms with Crippen LogP contribution < -0.4 is 4.74 Å². The van der Waals surface area contributed by atoms with Gasteiger partial charge in [-0.3, -0.25) is 9.89 Å². The highest BCUT2D eigenvalue weighted by molar-refractivity contribution is 5.71. The topological polar surface area (TPSA) is 45.1 Å². The average molecular weight is 443 g/mol. The van der Waals surface area contributed by atoms with Crippen LogP contribution in [0, 0.1) is 13.8 Å². The molecule has 0 bridgehead atoms. The molecule has 0 aliphatic carbocycles. The van der Waals surface area contributed by atoms with Crippen LogP contribution in [0.1, 0.15) is 35.6 Å². The predicted octanol–water partition coefficient (Wildman–Crippen LogP) is 5.88. The lowest BCUT2D eigenvalue weighted by Gasteiger charge is -2.31. The summed E-state index contributed by atoms with van der Waals surface area (Å²) in [7, 11) is 0. The molecule has 4 nitrogen and oxygen atoms in total. The Hall–Kier alpha value is -2.95. The van der Waals surface area contributed by atoms with Crippen molar-refractivity contribution < 1.29 is 9.84 Å². The molecule has 1 atom stereocenters. The van der Waals surface area contributed by atoms with Crippen LogP contribution in [0.15, 0.2) is 65.7 Å². The second-order valence-electron chi connectivity index (χ2n) is 8.91. The maximum atomic E-state index is 10.6. The van der Waals surface area contributed by atoms with Crippen LogP contribution >= 0.6 is 0 Å². The van der Waals surface area contributed by atoms with E-state index in [1.807, 2.05) is 24.4 Å². The molecule has 1 aliphatic heterocycles. The van der Waals surface area contributed by atoms with E-state index in [4.69, 9.17) is 4.74 Å². The zero-order chi connectivity index (χ0) is 23.2. The van der Waals surface area contributed by atoms with E-state index < -0.39 is 6.10 Å². The molecule has 0 saturated heterocycles. The van der Waals surface area contributed by atoms with Gasteiger partial charge < -0.3 is 9.84 Å². The molecule has 1 aliphatic rings. The minimum Gasteiger partial charge on any atom is -0.491 e. The molecule has 1 unspecified atom stereocenters. The Kier molecular flexibility index (Phi) is 7.58. The minimum atomic E-state index is -0.530. The van der Waals surface area contributed by atoms with Crippen molar-refractivity contribution in [2.24, 2.45) is 4.99 Å². The van der Waals surface area contributed by atoms with Gasteiger partial charge in [-0.05, 0) is 84.3 Å². The van der Waals surface area contributed by atoms with Crippen LogP contribution in [0.5, 0.6) is 5.75 Å². The quantitative estimate of drug-likeness (QED) is 0.443. The van der Waals surface area contributed by atoms with E-state index in [1.165, 1.54) is 16.7 Å². The van der Waals surface area contributed by atoms with Gasteiger partial charge in [0.25, 0.3) is 0 Å². The third-order valence-electron chi connectivity index (χ3n) is 6.27. The minimum absolute atomic E-state index is 0.282. The summed E-state index contributed by atoms with van der Waals surface area (Å²) >= 11 is 0. The van der Waals surface area contributed by atoms with Crippen molar-refractivity contribution in [3.05, 3.63) is 82.9 Å². The molecule has 0 fully saturated rings. The average Bonchev–Trinajstić information content (AvgIpc) is 2.83. The number of rotatable bonds is 8. The van der Waals surface area contributed by atoms with Crippen LogP contribution in [-0.4, -0.2) is 42.0 Å². The van der Waals surface area contributed by atoms with E-state index in [-0.39, 0.29) is 6.61 Å². The van der Waals surface area contributed by atoms with E-state index in [2.05, 4.69) is 73.1 Å². The largest absolute Gasteiger partial charge is 0.491 e. The fourth-order valence-electron chi connectivity index (χ4n) is 4.44. The molecule has 33 heavy (non-hydrogen) atoms. The summed E-state index contributed by atoms with van der Waals surface area (Å²) in [6.45, 7) is 9.11. The molecule has 0 radical (unpaired) electrons. The van der Waals surface area contributed by atoms with Gasteiger partial charge in [-0.15, -0.1) is 0 Å². The number of hydrogen-bond donors (Lipinski definition) is 1. The standard InChI is InChI=1S/C29H34N2O2/c1-4-14-30-29-12-11-25(16-22(29)3)24-9-6-10-27(17-24)33-20-26(32)18-31-15-13-23-8-5-7-21(2)28(23)19-31/h5-12,14,16-17,26,32H,4,13,15,18-20H2,1-3H3. The van der Waals surface area contributed by atoms with Crippen LogP contribution in [0.3, 0.4) is 0 Å². The van der Waals surface area contributed by atoms with Crippen molar-refractivity contribution in [1.29, 1.82) is 0 Å². The molecule has 1 heterocycles. The second-order valence-corrected chi connectivity index (χ2v) is 8.91. The first kappa shape index (κ1) is 23.2. The fourth-order valence-corrected chi connectivity index (χ4v) is 4.44. The van der Waals surface area contributed by atoms with Gasteiger partial charge in [-0.1, -0.05) is 43.3 Å². The molecule has 4 rings (SSSR count). The highest BCUT2D eigenvalue weighted by Crippen LogP contribution is 2.29. The van der Waals surface area contributed by atoms with Crippen LogP contribution in [0.2, 0.25) is 0 Å².